The molecule has 0 aliphatic carbocycles. The van der Waals surface area contributed by atoms with Crippen molar-refractivity contribution in [3.63, 3.8) is 0 Å². The molecule has 2 heterocycles. The number of nitrogens with one attached hydrogen (secondary N) is 2. The van der Waals surface area contributed by atoms with E-state index in [9.17, 15) is 0 Å². The summed E-state index contributed by atoms with van der Waals surface area (Å²) in [5, 5.41) is 3.48. The van der Waals surface area contributed by atoms with Crippen LogP contribution in [0.25, 0.3) is 11.0 Å². The minimum absolute atomic E-state index is 0. The fraction of sp³-hybridized carbons (Fsp3) is 0.364. The van der Waals surface area contributed by atoms with E-state index in [0.29, 0.717) is 0 Å². The summed E-state index contributed by atoms with van der Waals surface area (Å²) in [6.07, 6.45) is 0.831. The number of aliphatic imine (C=N–C) groups is 1. The minimum atomic E-state index is 0. The van der Waals surface area contributed by atoms with Gasteiger partial charge in [-0.25, -0.2) is 4.98 Å². The van der Waals surface area contributed by atoms with Gasteiger partial charge in [0.1, 0.15) is 11.6 Å². The van der Waals surface area contributed by atoms with Gasteiger partial charge in [0.25, 0.3) is 0 Å². The van der Waals surface area contributed by atoms with Gasteiger partial charge in [-0.05, 0) is 24.3 Å². The Bertz CT molecular complexity index is 947. The first-order chi connectivity index (χ1) is 14.3. The van der Waals surface area contributed by atoms with Crippen LogP contribution in [0, 0.1) is 0 Å². The summed E-state index contributed by atoms with van der Waals surface area (Å²) in [6, 6.07) is 16.4. The van der Waals surface area contributed by atoms with Crippen molar-refractivity contribution in [2.75, 3.05) is 51.8 Å². The predicted octanol–water partition coefficient (Wildman–Crippen LogP) is 3.13. The number of aromatic amines is 1. The number of imidazole rings is 1. The third-order valence-corrected chi connectivity index (χ3v) is 5.29. The molecule has 0 spiro atoms. The number of benzene rings is 2. The molecule has 2 aromatic carbocycles. The van der Waals surface area contributed by atoms with E-state index in [2.05, 4.69) is 48.3 Å². The van der Waals surface area contributed by atoms with Crippen molar-refractivity contribution in [3.8, 4) is 5.75 Å². The molecule has 0 bridgehead atoms. The van der Waals surface area contributed by atoms with E-state index in [1.165, 1.54) is 5.69 Å². The number of para-hydroxylation sites is 2. The molecule has 0 atom stereocenters. The molecule has 1 fully saturated rings. The molecule has 3 aromatic rings. The van der Waals surface area contributed by atoms with Crippen LogP contribution in [0.2, 0.25) is 0 Å². The normalized spacial score (nSPS) is 14.5. The first-order valence-corrected chi connectivity index (χ1v) is 10.0. The molecule has 1 saturated heterocycles. The van der Waals surface area contributed by atoms with Gasteiger partial charge in [-0.15, -0.1) is 24.0 Å². The lowest BCUT2D eigenvalue weighted by molar-refractivity contribution is 0.372. The van der Waals surface area contributed by atoms with Gasteiger partial charge in [0.05, 0.1) is 18.1 Å². The average Bonchev–Trinajstić information content (AvgIpc) is 3.20. The van der Waals surface area contributed by atoms with Gasteiger partial charge >= 0.3 is 0 Å². The third-order valence-electron chi connectivity index (χ3n) is 5.29. The highest BCUT2D eigenvalue weighted by Crippen LogP contribution is 2.22. The fourth-order valence-corrected chi connectivity index (χ4v) is 3.73. The zero-order valence-corrected chi connectivity index (χ0v) is 19.8. The monoisotopic (exact) mass is 520 g/mol. The number of anilines is 1. The van der Waals surface area contributed by atoms with E-state index in [1.807, 2.05) is 37.4 Å². The Balaban J connectivity index is 0.00000256. The summed E-state index contributed by atoms with van der Waals surface area (Å²) in [5.74, 6) is 2.84. The van der Waals surface area contributed by atoms with Crippen molar-refractivity contribution in [2.45, 2.75) is 6.42 Å². The number of methoxy groups -OCH3 is 1. The molecular formula is C22H29IN6O. The number of ether oxygens (including phenoxy) is 1. The minimum Gasteiger partial charge on any atom is -0.497 e. The SMILES string of the molecule is CN=C(NCCc1nc2ccccc2[nH]1)N1CCN(c2cccc(OC)c2)CC1.I. The second kappa shape index (κ2) is 10.5. The largest absolute Gasteiger partial charge is 0.497 e. The van der Waals surface area contributed by atoms with Crippen molar-refractivity contribution >= 4 is 46.7 Å². The Labute approximate surface area is 194 Å². The van der Waals surface area contributed by atoms with Gasteiger partial charge in [0.15, 0.2) is 5.96 Å². The van der Waals surface area contributed by atoms with Gasteiger partial charge in [0, 0.05) is 57.9 Å². The zero-order chi connectivity index (χ0) is 20.1. The average molecular weight is 520 g/mol. The van der Waals surface area contributed by atoms with Crippen LogP contribution >= 0.6 is 24.0 Å². The standard InChI is InChI=1S/C22H28N6O.HI/c1-23-22(24-11-10-21-25-19-8-3-4-9-20(19)26-21)28-14-12-27(13-15-28)17-6-5-7-18(16-17)29-2;/h3-9,16H,10-15H2,1-2H3,(H,23,24)(H,25,26);1H. The zero-order valence-electron chi connectivity index (χ0n) is 17.5. The maximum atomic E-state index is 5.35. The lowest BCUT2D eigenvalue weighted by atomic mass is 10.2. The van der Waals surface area contributed by atoms with Crippen molar-refractivity contribution in [1.29, 1.82) is 0 Å². The van der Waals surface area contributed by atoms with Crippen LogP contribution in [0.4, 0.5) is 5.69 Å². The summed E-state index contributed by atoms with van der Waals surface area (Å²) in [7, 11) is 3.55. The van der Waals surface area contributed by atoms with Gasteiger partial charge < -0.3 is 24.8 Å². The molecule has 4 rings (SSSR count). The molecule has 1 aliphatic heterocycles. The lowest BCUT2D eigenvalue weighted by Crippen LogP contribution is -2.52. The van der Waals surface area contributed by atoms with Crippen LogP contribution in [-0.4, -0.2) is 67.7 Å². The fourth-order valence-electron chi connectivity index (χ4n) is 3.73. The number of piperazine rings is 1. The first-order valence-electron chi connectivity index (χ1n) is 10.0. The van der Waals surface area contributed by atoms with Crippen molar-refractivity contribution in [1.82, 2.24) is 20.2 Å². The number of nitrogens with zero attached hydrogens (tertiary/aromatic N) is 4. The summed E-state index contributed by atoms with van der Waals surface area (Å²) >= 11 is 0. The molecule has 7 nitrogen and oxygen atoms in total. The Kier molecular flexibility index (Phi) is 7.78. The van der Waals surface area contributed by atoms with E-state index < -0.39 is 0 Å². The second-order valence-corrected chi connectivity index (χ2v) is 7.10. The van der Waals surface area contributed by atoms with E-state index in [-0.39, 0.29) is 24.0 Å². The molecule has 0 saturated carbocycles. The smallest absolute Gasteiger partial charge is 0.193 e. The molecule has 30 heavy (non-hydrogen) atoms. The highest BCUT2D eigenvalue weighted by Gasteiger charge is 2.20. The molecule has 0 unspecified atom stereocenters. The number of hydrogen-bond donors (Lipinski definition) is 2. The second-order valence-electron chi connectivity index (χ2n) is 7.10. The molecule has 1 aromatic heterocycles. The van der Waals surface area contributed by atoms with Gasteiger partial charge in [0.2, 0.25) is 0 Å². The lowest BCUT2D eigenvalue weighted by Gasteiger charge is -2.37. The Morgan fingerprint density at radius 3 is 2.67 bits per heavy atom. The van der Waals surface area contributed by atoms with Crippen molar-refractivity contribution in [2.24, 2.45) is 4.99 Å². The predicted molar refractivity (Wildman–Crippen MR) is 133 cm³/mol. The third kappa shape index (κ3) is 5.16. The van der Waals surface area contributed by atoms with Crippen LogP contribution in [-0.2, 0) is 6.42 Å². The Hall–Kier alpha value is -2.49. The van der Waals surface area contributed by atoms with Crippen LogP contribution in [0.1, 0.15) is 5.82 Å². The quantitative estimate of drug-likeness (QED) is 0.308. The van der Waals surface area contributed by atoms with Crippen LogP contribution in [0.5, 0.6) is 5.75 Å². The molecular weight excluding hydrogens is 491 g/mol. The summed E-state index contributed by atoms with van der Waals surface area (Å²) in [4.78, 5) is 17.2. The van der Waals surface area contributed by atoms with Crippen LogP contribution < -0.4 is 15.0 Å². The number of halogens is 1. The number of guanidine groups is 1. The van der Waals surface area contributed by atoms with Gasteiger partial charge in [-0.1, -0.05) is 18.2 Å². The van der Waals surface area contributed by atoms with E-state index in [0.717, 1.165) is 67.7 Å². The first kappa shape index (κ1) is 22.2. The number of fused-ring (bicyclic) bond motifs is 1. The van der Waals surface area contributed by atoms with Crippen LogP contribution in [0.3, 0.4) is 0 Å². The van der Waals surface area contributed by atoms with Gasteiger partial charge in [-0.3, -0.25) is 4.99 Å². The number of H-pyrrole nitrogens is 1. The number of hydrogen-bond acceptors (Lipinski definition) is 4. The maximum absolute atomic E-state index is 5.35. The summed E-state index contributed by atoms with van der Waals surface area (Å²) < 4.78 is 5.35. The number of rotatable bonds is 5. The van der Waals surface area contributed by atoms with E-state index >= 15 is 0 Å². The number of aromatic nitrogens is 2. The van der Waals surface area contributed by atoms with Gasteiger partial charge in [-0.2, -0.15) is 0 Å². The van der Waals surface area contributed by atoms with Crippen molar-refractivity contribution < 1.29 is 4.74 Å². The summed E-state index contributed by atoms with van der Waals surface area (Å²) in [6.45, 7) is 4.57. The Morgan fingerprint density at radius 2 is 1.93 bits per heavy atom. The maximum Gasteiger partial charge on any atom is 0.193 e. The van der Waals surface area contributed by atoms with Crippen molar-refractivity contribution in [3.05, 3.63) is 54.4 Å². The molecule has 160 valence electrons. The van der Waals surface area contributed by atoms with E-state index in [4.69, 9.17) is 4.74 Å². The summed E-state index contributed by atoms with van der Waals surface area (Å²) in [5.41, 5.74) is 3.30. The molecule has 1 aliphatic rings. The highest BCUT2D eigenvalue weighted by molar-refractivity contribution is 14.0. The Morgan fingerprint density at radius 1 is 1.13 bits per heavy atom. The molecule has 2 N–H and O–H groups in total. The van der Waals surface area contributed by atoms with Crippen LogP contribution in [0.15, 0.2) is 53.5 Å². The highest BCUT2D eigenvalue weighted by atomic mass is 127. The van der Waals surface area contributed by atoms with E-state index in [1.54, 1.807) is 7.11 Å². The molecule has 8 heteroatoms. The molecule has 0 amide bonds. The molecule has 0 radical (unpaired) electrons. The topological polar surface area (TPSA) is 68.8 Å².